The molecule has 1 aliphatic carbocycles. The van der Waals surface area contributed by atoms with E-state index in [-0.39, 0.29) is 0 Å². The molecule has 2 nitrogen and oxygen atoms in total. The highest BCUT2D eigenvalue weighted by molar-refractivity contribution is 5.77. The van der Waals surface area contributed by atoms with E-state index in [1.165, 1.54) is 32.1 Å². The fourth-order valence-corrected chi connectivity index (χ4v) is 2.92. The Bertz CT molecular complexity index is 209. The number of hydrogen-bond donors (Lipinski definition) is 0. The number of amides is 1. The molecule has 0 N–H and O–H groups in total. The van der Waals surface area contributed by atoms with Gasteiger partial charge in [0.1, 0.15) is 0 Å². The normalized spacial score (nSPS) is 18.1. The van der Waals surface area contributed by atoms with Crippen LogP contribution in [0.25, 0.3) is 0 Å². The van der Waals surface area contributed by atoms with Crippen molar-refractivity contribution in [2.45, 2.75) is 78.3 Å². The summed E-state index contributed by atoms with van der Waals surface area (Å²) in [4.78, 5) is 14.3. The highest BCUT2D eigenvalue weighted by atomic mass is 16.2. The molecule has 1 fully saturated rings. The van der Waals surface area contributed by atoms with Crippen LogP contribution in [-0.2, 0) is 4.79 Å². The average Bonchev–Trinajstić information content (AvgIpc) is 2.17. The lowest BCUT2D eigenvalue weighted by Gasteiger charge is -2.33. The van der Waals surface area contributed by atoms with Gasteiger partial charge in [0.25, 0.3) is 0 Å². The minimum atomic E-state index is 0.330. The maximum absolute atomic E-state index is 12.2. The van der Waals surface area contributed by atoms with Crippen molar-refractivity contribution >= 4 is 5.91 Å². The molecule has 1 rings (SSSR count). The Morgan fingerprint density at radius 1 is 1.06 bits per heavy atom. The molecule has 0 heterocycles. The molecule has 1 saturated carbocycles. The van der Waals surface area contributed by atoms with Gasteiger partial charge in [0.05, 0.1) is 0 Å². The first-order valence-corrected chi connectivity index (χ1v) is 6.83. The summed E-state index contributed by atoms with van der Waals surface area (Å²) in [6, 6.07) is 0.659. The Labute approximate surface area is 100 Å². The van der Waals surface area contributed by atoms with Crippen LogP contribution in [0.5, 0.6) is 0 Å². The molecule has 0 unspecified atom stereocenters. The molecule has 2 heteroatoms. The zero-order valence-corrected chi connectivity index (χ0v) is 11.3. The topological polar surface area (TPSA) is 20.3 Å². The Balaban J connectivity index is 2.47. The van der Waals surface area contributed by atoms with Crippen molar-refractivity contribution in [1.29, 1.82) is 0 Å². The van der Waals surface area contributed by atoms with E-state index in [0.717, 1.165) is 6.42 Å². The SMILES string of the molecule is CC(C)N(C(=O)CC1CCCCC1)C(C)C. The van der Waals surface area contributed by atoms with Crippen LogP contribution in [0.2, 0.25) is 0 Å². The van der Waals surface area contributed by atoms with Gasteiger partial charge < -0.3 is 4.90 Å². The first-order valence-electron chi connectivity index (χ1n) is 6.83. The predicted octanol–water partition coefficient (Wildman–Crippen LogP) is 3.60. The van der Waals surface area contributed by atoms with Gasteiger partial charge in [-0.2, -0.15) is 0 Å². The van der Waals surface area contributed by atoms with Gasteiger partial charge in [-0.05, 0) is 46.5 Å². The van der Waals surface area contributed by atoms with Crippen LogP contribution in [-0.4, -0.2) is 22.9 Å². The Kier molecular flexibility index (Phi) is 5.30. The standard InChI is InChI=1S/C14H27NO/c1-11(2)15(12(3)4)14(16)10-13-8-6-5-7-9-13/h11-13H,5-10H2,1-4H3. The predicted molar refractivity (Wildman–Crippen MR) is 68.3 cm³/mol. The van der Waals surface area contributed by atoms with E-state index in [4.69, 9.17) is 0 Å². The van der Waals surface area contributed by atoms with Crippen molar-refractivity contribution in [2.75, 3.05) is 0 Å². The lowest BCUT2D eigenvalue weighted by Crippen LogP contribution is -2.42. The maximum atomic E-state index is 12.2. The summed E-state index contributed by atoms with van der Waals surface area (Å²) in [5.41, 5.74) is 0. The molecule has 1 aliphatic rings. The average molecular weight is 225 g/mol. The molecule has 94 valence electrons. The fourth-order valence-electron chi connectivity index (χ4n) is 2.92. The van der Waals surface area contributed by atoms with Crippen molar-refractivity contribution < 1.29 is 4.79 Å². The second-order valence-electron chi connectivity index (χ2n) is 5.70. The number of carbonyl (C=O) groups is 1. The van der Waals surface area contributed by atoms with Gasteiger partial charge in [0.2, 0.25) is 5.91 Å². The van der Waals surface area contributed by atoms with Crippen molar-refractivity contribution in [2.24, 2.45) is 5.92 Å². The van der Waals surface area contributed by atoms with Crippen LogP contribution in [0.1, 0.15) is 66.2 Å². The molecule has 0 aromatic rings. The monoisotopic (exact) mass is 225 g/mol. The van der Waals surface area contributed by atoms with Crippen LogP contribution >= 0.6 is 0 Å². The van der Waals surface area contributed by atoms with Gasteiger partial charge in [-0.25, -0.2) is 0 Å². The molecule has 0 aliphatic heterocycles. The Hall–Kier alpha value is -0.530. The molecule has 1 amide bonds. The van der Waals surface area contributed by atoms with Crippen LogP contribution in [0.3, 0.4) is 0 Å². The van der Waals surface area contributed by atoms with Crippen molar-refractivity contribution in [3.05, 3.63) is 0 Å². The van der Waals surface area contributed by atoms with E-state index >= 15 is 0 Å². The van der Waals surface area contributed by atoms with E-state index < -0.39 is 0 Å². The van der Waals surface area contributed by atoms with Crippen LogP contribution < -0.4 is 0 Å². The molecule has 0 aromatic carbocycles. The number of rotatable bonds is 4. The minimum Gasteiger partial charge on any atom is -0.338 e. The summed E-state index contributed by atoms with van der Waals surface area (Å²) in [5, 5.41) is 0. The maximum Gasteiger partial charge on any atom is 0.223 e. The lowest BCUT2D eigenvalue weighted by atomic mass is 9.86. The van der Waals surface area contributed by atoms with Crippen LogP contribution in [0.4, 0.5) is 0 Å². The number of carbonyl (C=O) groups excluding carboxylic acids is 1. The van der Waals surface area contributed by atoms with Crippen LogP contribution in [0, 0.1) is 5.92 Å². The molecule has 0 saturated heterocycles. The minimum absolute atomic E-state index is 0.330. The van der Waals surface area contributed by atoms with Gasteiger partial charge in [-0.1, -0.05) is 19.3 Å². The molecule has 0 radical (unpaired) electrons. The molecule has 0 bridgehead atoms. The summed E-state index contributed by atoms with van der Waals surface area (Å²) < 4.78 is 0. The molecule has 0 atom stereocenters. The number of nitrogens with zero attached hydrogens (tertiary/aromatic N) is 1. The Morgan fingerprint density at radius 2 is 1.56 bits per heavy atom. The quantitative estimate of drug-likeness (QED) is 0.716. The van der Waals surface area contributed by atoms with E-state index in [2.05, 4.69) is 27.7 Å². The van der Waals surface area contributed by atoms with Gasteiger partial charge in [-0.3, -0.25) is 4.79 Å². The van der Waals surface area contributed by atoms with Crippen molar-refractivity contribution in [3.63, 3.8) is 0 Å². The summed E-state index contributed by atoms with van der Waals surface area (Å²) in [6.07, 6.45) is 7.30. The Morgan fingerprint density at radius 3 is 2.00 bits per heavy atom. The van der Waals surface area contributed by atoms with E-state index in [1.807, 2.05) is 4.90 Å². The molecular weight excluding hydrogens is 198 g/mol. The van der Waals surface area contributed by atoms with Gasteiger partial charge >= 0.3 is 0 Å². The molecule has 0 spiro atoms. The first kappa shape index (κ1) is 13.5. The molecule has 16 heavy (non-hydrogen) atoms. The van der Waals surface area contributed by atoms with Gasteiger partial charge in [0, 0.05) is 18.5 Å². The highest BCUT2D eigenvalue weighted by Crippen LogP contribution is 2.27. The smallest absolute Gasteiger partial charge is 0.223 e. The van der Waals surface area contributed by atoms with E-state index in [0.29, 0.717) is 23.9 Å². The highest BCUT2D eigenvalue weighted by Gasteiger charge is 2.24. The largest absolute Gasteiger partial charge is 0.338 e. The third-order valence-electron chi connectivity index (χ3n) is 3.59. The third-order valence-corrected chi connectivity index (χ3v) is 3.59. The van der Waals surface area contributed by atoms with Crippen LogP contribution in [0.15, 0.2) is 0 Å². The van der Waals surface area contributed by atoms with Crippen molar-refractivity contribution in [3.8, 4) is 0 Å². The summed E-state index contributed by atoms with van der Waals surface area (Å²) >= 11 is 0. The third kappa shape index (κ3) is 3.80. The summed E-state index contributed by atoms with van der Waals surface area (Å²) in [7, 11) is 0. The first-order chi connectivity index (χ1) is 7.52. The fraction of sp³-hybridized carbons (Fsp3) is 0.929. The zero-order valence-electron chi connectivity index (χ0n) is 11.3. The zero-order chi connectivity index (χ0) is 12.1. The summed E-state index contributed by atoms with van der Waals surface area (Å²) in [6.45, 7) is 8.44. The second-order valence-corrected chi connectivity index (χ2v) is 5.70. The number of hydrogen-bond acceptors (Lipinski definition) is 1. The second kappa shape index (κ2) is 6.27. The molecule has 0 aromatic heterocycles. The van der Waals surface area contributed by atoms with Gasteiger partial charge in [0.15, 0.2) is 0 Å². The molecular formula is C14H27NO. The lowest BCUT2D eigenvalue weighted by molar-refractivity contribution is -0.136. The van der Waals surface area contributed by atoms with Gasteiger partial charge in [-0.15, -0.1) is 0 Å². The summed E-state index contributed by atoms with van der Waals surface area (Å²) in [5.74, 6) is 1.01. The van der Waals surface area contributed by atoms with E-state index in [9.17, 15) is 4.79 Å². The van der Waals surface area contributed by atoms with Crippen molar-refractivity contribution in [1.82, 2.24) is 4.90 Å². The van der Waals surface area contributed by atoms with E-state index in [1.54, 1.807) is 0 Å².